The number of aliphatic carboxylic acids is 1. The van der Waals surface area contributed by atoms with Crippen LogP contribution in [0.3, 0.4) is 0 Å². The molecule has 0 spiro atoms. The van der Waals surface area contributed by atoms with Gasteiger partial charge in [0.15, 0.2) is 0 Å². The lowest BCUT2D eigenvalue weighted by Crippen LogP contribution is -2.06. The van der Waals surface area contributed by atoms with Crippen LogP contribution in [0.1, 0.15) is 5.56 Å². The number of ether oxygens (including phenoxy) is 1. The lowest BCUT2D eigenvalue weighted by atomic mass is 10.3. The second kappa shape index (κ2) is 5.14. The first kappa shape index (κ1) is 10.4. The molecule has 4 nitrogen and oxygen atoms in total. The number of rotatable bonds is 5. The summed E-state index contributed by atoms with van der Waals surface area (Å²) in [5.41, 5.74) is 1.01. The number of carboxylic acids is 1. The molecule has 74 valence electrons. The Hall–Kier alpha value is -1.68. The molecule has 0 saturated heterocycles. The monoisotopic (exact) mass is 193 g/mol. The van der Waals surface area contributed by atoms with Crippen molar-refractivity contribution in [1.29, 1.82) is 0 Å². The third-order valence-electron chi connectivity index (χ3n) is 1.60. The molecule has 0 aliphatic carbocycles. The largest absolute Gasteiger partial charge is 0.478 e. The third kappa shape index (κ3) is 3.37. The van der Waals surface area contributed by atoms with E-state index in [4.69, 9.17) is 9.84 Å². The first-order valence-electron chi connectivity index (χ1n) is 4.08. The number of aromatic nitrogens is 1. The van der Waals surface area contributed by atoms with Gasteiger partial charge in [-0.05, 0) is 17.7 Å². The summed E-state index contributed by atoms with van der Waals surface area (Å²) in [5.74, 6) is -1.03. The van der Waals surface area contributed by atoms with E-state index < -0.39 is 5.97 Å². The van der Waals surface area contributed by atoms with Gasteiger partial charge in [0.05, 0.1) is 18.8 Å². The van der Waals surface area contributed by atoms with Crippen LogP contribution >= 0.6 is 0 Å². The molecule has 4 heteroatoms. The third-order valence-corrected chi connectivity index (χ3v) is 1.60. The predicted molar refractivity (Wildman–Crippen MR) is 50.7 cm³/mol. The second-order valence-electron chi connectivity index (χ2n) is 2.76. The Balaban J connectivity index is 2.29. The first-order chi connectivity index (χ1) is 6.70. The first-order valence-corrected chi connectivity index (χ1v) is 4.08. The molecule has 0 radical (unpaired) electrons. The molecule has 1 aromatic heterocycles. The molecule has 1 aromatic rings. The van der Waals surface area contributed by atoms with Crippen molar-refractivity contribution in [3.05, 3.63) is 42.2 Å². The van der Waals surface area contributed by atoms with Gasteiger partial charge in [-0.15, -0.1) is 0 Å². The van der Waals surface area contributed by atoms with Gasteiger partial charge in [0, 0.05) is 12.4 Å². The Kier molecular flexibility index (Phi) is 3.82. The van der Waals surface area contributed by atoms with Crippen LogP contribution in [0.2, 0.25) is 0 Å². The van der Waals surface area contributed by atoms with Crippen LogP contribution in [0.5, 0.6) is 0 Å². The molecule has 0 aliphatic heterocycles. The van der Waals surface area contributed by atoms with Crippen LogP contribution in [-0.2, 0) is 16.1 Å². The minimum Gasteiger partial charge on any atom is -0.478 e. The summed E-state index contributed by atoms with van der Waals surface area (Å²) in [6, 6.07) is 3.62. The molecule has 0 bridgehead atoms. The molecule has 1 heterocycles. The lowest BCUT2D eigenvalue weighted by Gasteiger charge is -2.03. The van der Waals surface area contributed by atoms with E-state index in [1.807, 2.05) is 12.1 Å². The molecule has 14 heavy (non-hydrogen) atoms. The SMILES string of the molecule is C=C(COCc1ccncc1)C(=O)O. The highest BCUT2D eigenvalue weighted by Crippen LogP contribution is 2.00. The Morgan fingerprint density at radius 1 is 1.50 bits per heavy atom. The number of carbonyl (C=O) groups is 1. The van der Waals surface area contributed by atoms with Gasteiger partial charge in [0.25, 0.3) is 0 Å². The fraction of sp³-hybridized carbons (Fsp3) is 0.200. The van der Waals surface area contributed by atoms with Crippen molar-refractivity contribution in [3.63, 3.8) is 0 Å². The molecule has 0 saturated carbocycles. The Labute approximate surface area is 81.9 Å². The van der Waals surface area contributed by atoms with Gasteiger partial charge >= 0.3 is 5.97 Å². The van der Waals surface area contributed by atoms with Gasteiger partial charge in [-0.2, -0.15) is 0 Å². The van der Waals surface area contributed by atoms with Crippen molar-refractivity contribution in [2.24, 2.45) is 0 Å². The maximum atomic E-state index is 10.4. The van der Waals surface area contributed by atoms with Crippen LogP contribution in [0.25, 0.3) is 0 Å². The van der Waals surface area contributed by atoms with Crippen molar-refractivity contribution >= 4 is 5.97 Å². The van der Waals surface area contributed by atoms with Crippen molar-refractivity contribution in [3.8, 4) is 0 Å². The molecule has 0 amide bonds. The fourth-order valence-corrected chi connectivity index (χ4v) is 0.833. The van der Waals surface area contributed by atoms with Crippen molar-refractivity contribution in [2.45, 2.75) is 6.61 Å². The quantitative estimate of drug-likeness (QED) is 0.715. The topological polar surface area (TPSA) is 59.4 Å². The summed E-state index contributed by atoms with van der Waals surface area (Å²) in [7, 11) is 0. The number of carboxylic acid groups (broad SMARTS) is 1. The highest BCUT2D eigenvalue weighted by molar-refractivity contribution is 5.85. The standard InChI is InChI=1S/C10H11NO3/c1-8(10(12)13)6-14-7-9-2-4-11-5-3-9/h2-5H,1,6-7H2,(H,12,13). The molecular weight excluding hydrogens is 182 g/mol. The van der Waals surface area contributed by atoms with Crippen molar-refractivity contribution in [2.75, 3.05) is 6.61 Å². The highest BCUT2D eigenvalue weighted by Gasteiger charge is 2.03. The second-order valence-corrected chi connectivity index (χ2v) is 2.76. The minimum atomic E-state index is -1.03. The Morgan fingerprint density at radius 2 is 2.14 bits per heavy atom. The molecule has 0 fully saturated rings. The maximum absolute atomic E-state index is 10.4. The van der Waals surface area contributed by atoms with Gasteiger partial charge in [0.1, 0.15) is 0 Å². The summed E-state index contributed by atoms with van der Waals surface area (Å²) in [4.78, 5) is 14.2. The van der Waals surface area contributed by atoms with E-state index in [9.17, 15) is 4.79 Å². The summed E-state index contributed by atoms with van der Waals surface area (Å²) >= 11 is 0. The zero-order chi connectivity index (χ0) is 10.4. The zero-order valence-corrected chi connectivity index (χ0v) is 7.64. The number of nitrogens with zero attached hydrogens (tertiary/aromatic N) is 1. The van der Waals surface area contributed by atoms with E-state index >= 15 is 0 Å². The molecule has 0 unspecified atom stereocenters. The number of pyridine rings is 1. The van der Waals surface area contributed by atoms with E-state index in [0.29, 0.717) is 6.61 Å². The Morgan fingerprint density at radius 3 is 2.71 bits per heavy atom. The van der Waals surface area contributed by atoms with Gasteiger partial charge < -0.3 is 9.84 Å². The van der Waals surface area contributed by atoms with E-state index in [1.54, 1.807) is 12.4 Å². The average molecular weight is 193 g/mol. The molecule has 1 N–H and O–H groups in total. The van der Waals surface area contributed by atoms with Crippen molar-refractivity contribution in [1.82, 2.24) is 4.98 Å². The van der Waals surface area contributed by atoms with Crippen molar-refractivity contribution < 1.29 is 14.6 Å². The molecule has 0 aromatic carbocycles. The summed E-state index contributed by atoms with van der Waals surface area (Å²) in [6.45, 7) is 3.76. The zero-order valence-electron chi connectivity index (χ0n) is 7.64. The van der Waals surface area contributed by atoms with E-state index in [-0.39, 0.29) is 12.2 Å². The summed E-state index contributed by atoms with van der Waals surface area (Å²) < 4.78 is 5.13. The van der Waals surface area contributed by atoms with Crippen LogP contribution < -0.4 is 0 Å². The predicted octanol–water partition coefficient (Wildman–Crippen LogP) is 1.24. The van der Waals surface area contributed by atoms with Gasteiger partial charge in [0.2, 0.25) is 0 Å². The number of hydrogen-bond acceptors (Lipinski definition) is 3. The van der Waals surface area contributed by atoms with Gasteiger partial charge in [-0.3, -0.25) is 4.98 Å². The van der Waals surface area contributed by atoms with Crippen LogP contribution in [0, 0.1) is 0 Å². The lowest BCUT2D eigenvalue weighted by molar-refractivity contribution is -0.133. The molecule has 0 atom stereocenters. The molecular formula is C10H11NO3. The normalized spacial score (nSPS) is 9.71. The highest BCUT2D eigenvalue weighted by atomic mass is 16.5. The van der Waals surface area contributed by atoms with E-state index in [2.05, 4.69) is 11.6 Å². The average Bonchev–Trinajstić information content (AvgIpc) is 2.19. The van der Waals surface area contributed by atoms with Crippen LogP contribution in [0.15, 0.2) is 36.7 Å². The Bertz CT molecular complexity index is 321. The smallest absolute Gasteiger partial charge is 0.333 e. The van der Waals surface area contributed by atoms with Gasteiger partial charge in [-0.25, -0.2) is 4.79 Å². The van der Waals surface area contributed by atoms with Crippen LogP contribution in [0.4, 0.5) is 0 Å². The molecule has 0 aliphatic rings. The van der Waals surface area contributed by atoms with E-state index in [1.165, 1.54) is 0 Å². The minimum absolute atomic E-state index is 0.0393. The summed E-state index contributed by atoms with van der Waals surface area (Å²) in [5, 5.41) is 8.49. The van der Waals surface area contributed by atoms with Crippen LogP contribution in [-0.4, -0.2) is 22.7 Å². The van der Waals surface area contributed by atoms with Gasteiger partial charge in [-0.1, -0.05) is 6.58 Å². The molecule has 1 rings (SSSR count). The maximum Gasteiger partial charge on any atom is 0.333 e. The summed E-state index contributed by atoms with van der Waals surface area (Å²) in [6.07, 6.45) is 3.31. The number of hydrogen-bond donors (Lipinski definition) is 1. The van der Waals surface area contributed by atoms with E-state index in [0.717, 1.165) is 5.56 Å². The fourth-order valence-electron chi connectivity index (χ4n) is 0.833.